The number of furan rings is 1. The van der Waals surface area contributed by atoms with Crippen molar-refractivity contribution in [2.45, 2.75) is 119 Å². The monoisotopic (exact) mass is 1080 g/mol. The molecule has 0 N–H and O–H groups in total. The summed E-state index contributed by atoms with van der Waals surface area (Å²) in [6.07, 6.45) is 0. The van der Waals surface area contributed by atoms with Crippen LogP contribution in [0.2, 0.25) is 0 Å². The summed E-state index contributed by atoms with van der Waals surface area (Å²) in [6.45, 7) is 31.9. The summed E-state index contributed by atoms with van der Waals surface area (Å²) in [7, 11) is 0. The Morgan fingerprint density at radius 2 is 0.916 bits per heavy atom. The van der Waals surface area contributed by atoms with Gasteiger partial charge in [0.05, 0.1) is 5.69 Å². The van der Waals surface area contributed by atoms with Crippen LogP contribution in [0.1, 0.15) is 116 Å². The molecule has 5 heteroatoms. The van der Waals surface area contributed by atoms with Gasteiger partial charge in [-0.1, -0.05) is 192 Å². The second kappa shape index (κ2) is 19.6. The van der Waals surface area contributed by atoms with Gasteiger partial charge in [-0.15, -0.1) is 0 Å². The van der Waals surface area contributed by atoms with Gasteiger partial charge in [0.2, 0.25) is 0 Å². The molecule has 83 heavy (non-hydrogen) atoms. The van der Waals surface area contributed by atoms with Gasteiger partial charge in [-0.05, 0) is 199 Å². The minimum Gasteiger partial charge on any atom is -0.456 e. The van der Waals surface area contributed by atoms with Gasteiger partial charge >= 0.3 is 6.85 Å². The van der Waals surface area contributed by atoms with Crippen molar-refractivity contribution < 1.29 is 4.42 Å². The zero-order valence-electron chi connectivity index (χ0n) is 51.0. The van der Waals surface area contributed by atoms with Crippen molar-refractivity contribution in [3.05, 3.63) is 240 Å². The highest BCUT2D eigenvalue weighted by atomic mass is 16.3. The molecule has 3 heterocycles. The Balaban J connectivity index is 1.17. The lowest BCUT2D eigenvalue weighted by atomic mass is 9.43. The third-order valence-electron chi connectivity index (χ3n) is 17.7. The van der Waals surface area contributed by atoms with Crippen LogP contribution in [0, 0.1) is 13.8 Å². The number of nitrogens with zero attached hydrogens (tertiary/aromatic N) is 3. The standard InChI is InChI=1S/C78H76BN3O/c1-49-21-20-22-50(2)73(49)52-43-65-63-46-60(80(57-34-27-53(28-35-57)75(3,4)5)58-36-29-54(30-37-58)76(6,7)8)40-42-68(63)82(59-38-31-55(32-39-59)77(9,10)11)79-66-48-72-64(61-25-18-19-26-71(61)83-72)47-69(66)81(70(44-52)74(65)79)67-41-33-56(78(12,13)14)45-62(67)51-23-16-15-17-24-51/h15-48H,1-14H3. The molecule has 0 radical (unpaired) electrons. The van der Waals surface area contributed by atoms with E-state index in [1.165, 1.54) is 77.7 Å². The lowest BCUT2D eigenvalue weighted by molar-refractivity contribution is 0.590. The Labute approximate surface area is 493 Å². The number of anilines is 8. The fourth-order valence-corrected chi connectivity index (χ4v) is 13.1. The van der Waals surface area contributed by atoms with Crippen molar-refractivity contribution >= 4 is 85.2 Å². The maximum absolute atomic E-state index is 6.94. The van der Waals surface area contributed by atoms with Gasteiger partial charge in [-0.2, -0.15) is 0 Å². The smallest absolute Gasteiger partial charge is 0.333 e. The van der Waals surface area contributed by atoms with E-state index >= 15 is 0 Å². The van der Waals surface area contributed by atoms with Crippen LogP contribution in [-0.4, -0.2) is 6.85 Å². The van der Waals surface area contributed by atoms with Crippen LogP contribution >= 0.6 is 0 Å². The molecule has 2 aliphatic heterocycles. The first-order valence-electron chi connectivity index (χ1n) is 29.8. The molecule has 11 aromatic rings. The van der Waals surface area contributed by atoms with Crippen LogP contribution in [0.15, 0.2) is 211 Å². The molecule has 0 fully saturated rings. The summed E-state index contributed by atoms with van der Waals surface area (Å²) in [5.41, 5.74) is 28.0. The molecular weight excluding hydrogens is 1010 g/mol. The molecule has 0 saturated carbocycles. The highest BCUT2D eigenvalue weighted by Gasteiger charge is 2.47. The van der Waals surface area contributed by atoms with Crippen molar-refractivity contribution in [1.82, 2.24) is 0 Å². The average Bonchev–Trinajstić information content (AvgIpc) is 1.74. The van der Waals surface area contributed by atoms with Gasteiger partial charge in [-0.3, -0.25) is 0 Å². The summed E-state index contributed by atoms with van der Waals surface area (Å²) >= 11 is 0. The summed E-state index contributed by atoms with van der Waals surface area (Å²) in [5, 5.41) is 2.20. The van der Waals surface area contributed by atoms with Gasteiger partial charge < -0.3 is 19.0 Å². The molecule has 0 amide bonds. The normalized spacial score (nSPS) is 13.3. The van der Waals surface area contributed by atoms with Crippen LogP contribution in [0.3, 0.4) is 0 Å². The zero-order valence-corrected chi connectivity index (χ0v) is 51.0. The van der Waals surface area contributed by atoms with Crippen LogP contribution < -0.4 is 25.5 Å². The Kier molecular flexibility index (Phi) is 12.7. The Hall–Kier alpha value is -8.54. The molecule has 0 aliphatic carbocycles. The zero-order chi connectivity index (χ0) is 58.1. The summed E-state index contributed by atoms with van der Waals surface area (Å²) in [5.74, 6) is 0. The van der Waals surface area contributed by atoms with E-state index in [4.69, 9.17) is 4.42 Å². The quantitative estimate of drug-likeness (QED) is 0.148. The minimum atomic E-state index is -0.255. The minimum absolute atomic E-state index is 0.00731. The van der Waals surface area contributed by atoms with E-state index in [1.54, 1.807) is 0 Å². The second-order valence-electron chi connectivity index (χ2n) is 27.6. The van der Waals surface area contributed by atoms with Gasteiger partial charge in [0.15, 0.2) is 0 Å². The molecule has 10 aromatic carbocycles. The molecule has 0 saturated heterocycles. The van der Waals surface area contributed by atoms with Gasteiger partial charge in [0.1, 0.15) is 11.2 Å². The Bertz CT molecular complexity index is 4230. The van der Waals surface area contributed by atoms with Crippen molar-refractivity contribution in [3.63, 3.8) is 0 Å². The van der Waals surface area contributed by atoms with E-state index < -0.39 is 0 Å². The number of para-hydroxylation sites is 1. The predicted octanol–water partition coefficient (Wildman–Crippen LogP) is 20.9. The summed E-state index contributed by atoms with van der Waals surface area (Å²) in [4.78, 5) is 7.72. The molecule has 4 nitrogen and oxygen atoms in total. The van der Waals surface area contributed by atoms with E-state index in [9.17, 15) is 0 Å². The van der Waals surface area contributed by atoms with E-state index in [0.29, 0.717) is 0 Å². The molecule has 412 valence electrons. The number of benzene rings is 10. The molecular formula is C78H76BN3O. The highest BCUT2D eigenvalue weighted by Crippen LogP contribution is 2.53. The van der Waals surface area contributed by atoms with E-state index in [0.717, 1.165) is 67.4 Å². The second-order valence-corrected chi connectivity index (χ2v) is 27.6. The predicted molar refractivity (Wildman–Crippen MR) is 357 cm³/mol. The fraction of sp³-hybridized carbons (Fsp3) is 0.231. The Morgan fingerprint density at radius 3 is 1.52 bits per heavy atom. The van der Waals surface area contributed by atoms with Crippen LogP contribution in [0.5, 0.6) is 0 Å². The largest absolute Gasteiger partial charge is 0.456 e. The highest BCUT2D eigenvalue weighted by molar-refractivity contribution is 6.93. The molecule has 1 aromatic heterocycles. The number of hydrogen-bond acceptors (Lipinski definition) is 4. The lowest BCUT2D eigenvalue weighted by Crippen LogP contribution is -2.61. The molecule has 0 bridgehead atoms. The molecule has 2 aliphatic rings. The van der Waals surface area contributed by atoms with Crippen molar-refractivity contribution in [1.29, 1.82) is 0 Å². The number of hydrogen-bond donors (Lipinski definition) is 0. The van der Waals surface area contributed by atoms with E-state index in [2.05, 4.69) is 318 Å². The maximum Gasteiger partial charge on any atom is 0.333 e. The summed E-state index contributed by atoms with van der Waals surface area (Å²) < 4.78 is 6.94. The topological polar surface area (TPSA) is 22.9 Å². The van der Waals surface area contributed by atoms with E-state index in [-0.39, 0.29) is 28.5 Å². The van der Waals surface area contributed by atoms with Crippen LogP contribution in [0.25, 0.3) is 55.3 Å². The average molecular weight is 1080 g/mol. The maximum atomic E-state index is 6.94. The van der Waals surface area contributed by atoms with Gasteiger partial charge in [0, 0.05) is 61.7 Å². The third-order valence-corrected chi connectivity index (χ3v) is 17.7. The van der Waals surface area contributed by atoms with Crippen molar-refractivity contribution in [3.8, 4) is 33.4 Å². The first-order chi connectivity index (χ1) is 39.5. The van der Waals surface area contributed by atoms with Crippen molar-refractivity contribution in [2.24, 2.45) is 0 Å². The van der Waals surface area contributed by atoms with Crippen LogP contribution in [0.4, 0.5) is 45.5 Å². The van der Waals surface area contributed by atoms with E-state index in [1.807, 2.05) is 0 Å². The van der Waals surface area contributed by atoms with Gasteiger partial charge in [-0.25, -0.2) is 0 Å². The SMILES string of the molecule is Cc1cccc(C)c1-c1cc2c3c(c1)N(c1ccc(C(C)(C)C)cc1-c1ccccc1)c1cc4c(cc1B3N(c1ccc(C(C)(C)C)cc1)c1ccc(N(c3ccc(C(C)(C)C)cc3)c3ccc(C(C)(C)C)cc3)cc1-2)oc1ccccc14. The molecule has 0 unspecified atom stereocenters. The van der Waals surface area contributed by atoms with Crippen LogP contribution in [-0.2, 0) is 21.7 Å². The first-order valence-corrected chi connectivity index (χ1v) is 29.8. The lowest BCUT2D eigenvalue weighted by Gasteiger charge is -2.46. The third kappa shape index (κ3) is 9.34. The number of aryl methyl sites for hydroxylation is 2. The number of fused-ring (bicyclic) bond motifs is 7. The molecule has 0 spiro atoms. The first kappa shape index (κ1) is 53.8. The summed E-state index contributed by atoms with van der Waals surface area (Å²) in [6, 6.07) is 78.4. The molecule has 0 atom stereocenters. The fourth-order valence-electron chi connectivity index (χ4n) is 13.1. The molecule has 13 rings (SSSR count). The number of rotatable bonds is 7. The van der Waals surface area contributed by atoms with Gasteiger partial charge in [0.25, 0.3) is 0 Å². The Morgan fingerprint density at radius 1 is 0.373 bits per heavy atom. The van der Waals surface area contributed by atoms with Crippen molar-refractivity contribution in [2.75, 3.05) is 14.6 Å².